The number of benzene rings is 2. The van der Waals surface area contributed by atoms with Gasteiger partial charge in [0, 0.05) is 43.3 Å². The second-order valence-electron chi connectivity index (χ2n) is 10.1. The van der Waals surface area contributed by atoms with Gasteiger partial charge in [-0.05, 0) is 36.8 Å². The number of halogens is 7. The molecule has 3 heterocycles. The third kappa shape index (κ3) is 7.01. The molecule has 0 amide bonds. The van der Waals surface area contributed by atoms with Gasteiger partial charge in [-0.25, -0.2) is 14.5 Å². The largest absolute Gasteiger partial charge is 0.573 e. The molecule has 0 saturated carbocycles. The van der Waals surface area contributed by atoms with E-state index >= 15 is 0 Å². The molecule has 1 aliphatic rings. The average molecular weight is 645 g/mol. The quantitative estimate of drug-likeness (QED) is 0.178. The van der Waals surface area contributed by atoms with E-state index in [1.807, 2.05) is 0 Å². The minimum atomic E-state index is -5.22. The Morgan fingerprint density at radius 3 is 2.45 bits per heavy atom. The topological polar surface area (TPSA) is 105 Å². The molecule has 0 fully saturated rings. The zero-order valence-electron chi connectivity index (χ0n) is 22.9. The van der Waals surface area contributed by atoms with Crippen LogP contribution in [0.4, 0.5) is 38.0 Å². The van der Waals surface area contributed by atoms with E-state index in [0.717, 1.165) is 12.1 Å². The monoisotopic (exact) mass is 644 g/mol. The number of carbonyl (C=O) groups is 1. The summed E-state index contributed by atoms with van der Waals surface area (Å²) in [5.41, 5.74) is -0.0299. The SMILES string of the molecule is COc1cc(Nc2nc3n(n2)CC[C@](C)(OC(=O)C(F)(F)F)C[C@@H]3c2ccc(OC(F)(F)F)cc2)ccc1-n1cnc(Cl)c1. The van der Waals surface area contributed by atoms with Crippen molar-refractivity contribution in [2.24, 2.45) is 0 Å². The van der Waals surface area contributed by atoms with Crippen LogP contribution in [0.3, 0.4) is 0 Å². The van der Waals surface area contributed by atoms with Gasteiger partial charge in [0.25, 0.3) is 0 Å². The number of anilines is 2. The molecule has 1 aliphatic heterocycles. The molecular weight excluding hydrogens is 622 g/mol. The van der Waals surface area contributed by atoms with E-state index in [9.17, 15) is 31.1 Å². The summed E-state index contributed by atoms with van der Waals surface area (Å²) in [4.78, 5) is 20.3. The highest BCUT2D eigenvalue weighted by Crippen LogP contribution is 2.41. The van der Waals surface area contributed by atoms with Crippen LogP contribution in [-0.4, -0.2) is 55.5 Å². The van der Waals surface area contributed by atoms with Gasteiger partial charge in [-0.1, -0.05) is 23.7 Å². The number of carbonyl (C=O) groups excluding carboxylic acids is 1. The minimum absolute atomic E-state index is 0.0288. The van der Waals surface area contributed by atoms with Gasteiger partial charge in [0.05, 0.1) is 12.8 Å². The van der Waals surface area contributed by atoms with Crippen molar-refractivity contribution in [3.05, 3.63) is 71.5 Å². The maximum atomic E-state index is 13.1. The normalized spacial score (nSPS) is 18.7. The van der Waals surface area contributed by atoms with Crippen LogP contribution in [0.2, 0.25) is 5.15 Å². The van der Waals surface area contributed by atoms with Crippen LogP contribution in [-0.2, 0) is 16.1 Å². The van der Waals surface area contributed by atoms with Crippen molar-refractivity contribution in [2.75, 3.05) is 12.4 Å². The number of ether oxygens (including phenoxy) is 3. The lowest BCUT2D eigenvalue weighted by molar-refractivity contribution is -0.274. The van der Waals surface area contributed by atoms with Crippen molar-refractivity contribution in [1.82, 2.24) is 24.3 Å². The number of aromatic nitrogens is 5. The van der Waals surface area contributed by atoms with E-state index in [2.05, 4.69) is 25.1 Å². The van der Waals surface area contributed by atoms with Crippen LogP contribution >= 0.6 is 11.6 Å². The van der Waals surface area contributed by atoms with E-state index in [1.54, 1.807) is 29.0 Å². The number of esters is 1. The molecule has 1 N–H and O–H groups in total. The molecule has 0 saturated heterocycles. The van der Waals surface area contributed by atoms with E-state index in [4.69, 9.17) is 21.1 Å². The number of nitrogens with zero attached hydrogens (tertiary/aromatic N) is 5. The number of hydrogen-bond donors (Lipinski definition) is 1. The highest BCUT2D eigenvalue weighted by Gasteiger charge is 2.47. The third-order valence-corrected chi connectivity index (χ3v) is 7.05. The predicted octanol–water partition coefficient (Wildman–Crippen LogP) is 6.56. The van der Waals surface area contributed by atoms with E-state index < -0.39 is 35.8 Å². The molecule has 5 rings (SSSR count). The molecule has 17 heteroatoms. The van der Waals surface area contributed by atoms with Crippen LogP contribution in [0.15, 0.2) is 55.0 Å². The van der Waals surface area contributed by atoms with Crippen molar-refractivity contribution in [1.29, 1.82) is 0 Å². The molecule has 0 spiro atoms. The highest BCUT2D eigenvalue weighted by atomic mass is 35.5. The van der Waals surface area contributed by atoms with Crippen molar-refractivity contribution in [3.63, 3.8) is 0 Å². The summed E-state index contributed by atoms with van der Waals surface area (Å²) in [7, 11) is 1.48. The molecule has 234 valence electrons. The van der Waals surface area contributed by atoms with Crippen molar-refractivity contribution >= 4 is 29.2 Å². The number of alkyl halides is 6. The summed E-state index contributed by atoms with van der Waals surface area (Å²) < 4.78 is 94.8. The number of nitrogens with one attached hydrogen (secondary N) is 1. The van der Waals surface area contributed by atoms with Crippen LogP contribution in [0.1, 0.15) is 37.1 Å². The second kappa shape index (κ2) is 11.6. The Balaban J connectivity index is 1.46. The molecule has 4 aromatic rings. The van der Waals surface area contributed by atoms with E-state index in [1.165, 1.54) is 37.2 Å². The van der Waals surface area contributed by atoms with Crippen LogP contribution in [0.25, 0.3) is 5.69 Å². The first-order valence-corrected chi connectivity index (χ1v) is 13.3. The summed E-state index contributed by atoms with van der Waals surface area (Å²) in [6.07, 6.45) is -7.23. The highest BCUT2D eigenvalue weighted by molar-refractivity contribution is 6.29. The first-order chi connectivity index (χ1) is 20.6. The van der Waals surface area contributed by atoms with Crippen molar-refractivity contribution < 1.29 is 45.3 Å². The maximum Gasteiger partial charge on any atom is 0.573 e. The van der Waals surface area contributed by atoms with Crippen LogP contribution < -0.4 is 14.8 Å². The first kappa shape index (κ1) is 31.0. The van der Waals surface area contributed by atoms with Gasteiger partial charge in [-0.2, -0.15) is 18.2 Å². The standard InChI is InChI=1S/C27H23ClF6N6O4/c1-25(44-23(41)26(29,30)31)9-10-40-22(18(12-25)15-3-6-17(7-4-15)43-27(32,33)34)37-24(38-40)36-16-5-8-19(20(11-16)42-2)39-13-21(28)35-14-39/h3-8,11,13-14,18H,9-10,12H2,1-2H3,(H,36,38)/t18-,25+/m1/s1. The van der Waals surface area contributed by atoms with Gasteiger partial charge < -0.3 is 24.1 Å². The fraction of sp³-hybridized carbons (Fsp3) is 0.333. The second-order valence-corrected chi connectivity index (χ2v) is 10.5. The number of methoxy groups -OCH3 is 1. The lowest BCUT2D eigenvalue weighted by Crippen LogP contribution is -2.39. The maximum absolute atomic E-state index is 13.1. The molecule has 0 unspecified atom stereocenters. The van der Waals surface area contributed by atoms with Gasteiger partial charge >= 0.3 is 18.5 Å². The molecule has 0 radical (unpaired) electrons. The predicted molar refractivity (Wildman–Crippen MR) is 143 cm³/mol. The Hall–Kier alpha value is -4.47. The summed E-state index contributed by atoms with van der Waals surface area (Å²) in [5.74, 6) is -2.77. The molecule has 0 aliphatic carbocycles. The molecule has 2 aromatic heterocycles. The molecule has 2 aromatic carbocycles. The number of rotatable bonds is 7. The zero-order valence-corrected chi connectivity index (χ0v) is 23.7. The smallest absolute Gasteiger partial charge is 0.494 e. The zero-order chi connectivity index (χ0) is 31.9. The van der Waals surface area contributed by atoms with Gasteiger partial charge in [-0.3, -0.25) is 0 Å². The summed E-state index contributed by atoms with van der Waals surface area (Å²) in [5, 5.41) is 7.82. The molecular formula is C27H23ClF6N6O4. The van der Waals surface area contributed by atoms with Crippen LogP contribution in [0.5, 0.6) is 11.5 Å². The number of imidazole rings is 1. The fourth-order valence-electron chi connectivity index (χ4n) is 4.87. The molecule has 10 nitrogen and oxygen atoms in total. The molecule has 44 heavy (non-hydrogen) atoms. The van der Waals surface area contributed by atoms with Crippen molar-refractivity contribution in [2.45, 2.75) is 50.4 Å². The summed E-state index contributed by atoms with van der Waals surface area (Å²) in [6.45, 7) is 1.39. The Labute approximate surface area is 250 Å². The Kier molecular flexibility index (Phi) is 8.13. The number of aryl methyl sites for hydroxylation is 1. The van der Waals surface area contributed by atoms with Crippen LogP contribution in [0, 0.1) is 0 Å². The first-order valence-electron chi connectivity index (χ1n) is 12.9. The average Bonchev–Trinajstić information content (AvgIpc) is 3.52. The van der Waals surface area contributed by atoms with Gasteiger partial charge in [0.1, 0.15) is 34.4 Å². The lowest BCUT2D eigenvalue weighted by Gasteiger charge is -2.31. The Morgan fingerprint density at radius 1 is 1.11 bits per heavy atom. The fourth-order valence-corrected chi connectivity index (χ4v) is 5.02. The summed E-state index contributed by atoms with van der Waals surface area (Å²) >= 11 is 5.93. The van der Waals surface area contributed by atoms with Gasteiger partial charge in [-0.15, -0.1) is 18.3 Å². The minimum Gasteiger partial charge on any atom is -0.494 e. The number of fused-ring (bicyclic) bond motifs is 1. The Bertz CT molecular complexity index is 1660. The number of hydrogen-bond acceptors (Lipinski definition) is 8. The molecule has 2 atom stereocenters. The van der Waals surface area contributed by atoms with Gasteiger partial charge in [0.2, 0.25) is 5.95 Å². The van der Waals surface area contributed by atoms with Gasteiger partial charge in [0.15, 0.2) is 0 Å². The van der Waals surface area contributed by atoms with E-state index in [-0.39, 0.29) is 25.3 Å². The third-order valence-electron chi connectivity index (χ3n) is 6.85. The molecule has 0 bridgehead atoms. The van der Waals surface area contributed by atoms with E-state index in [0.29, 0.717) is 33.7 Å². The summed E-state index contributed by atoms with van der Waals surface area (Å²) in [6, 6.07) is 9.97. The van der Waals surface area contributed by atoms with Crippen molar-refractivity contribution in [3.8, 4) is 17.2 Å². The Morgan fingerprint density at radius 2 is 1.84 bits per heavy atom. The lowest BCUT2D eigenvalue weighted by atomic mass is 9.85.